The topological polar surface area (TPSA) is 55.1 Å². The van der Waals surface area contributed by atoms with Gasteiger partial charge in [0, 0.05) is 6.07 Å². The molecule has 0 fully saturated rings. The fraction of sp³-hybridized carbons (Fsp3) is 0.176. The van der Waals surface area contributed by atoms with Crippen LogP contribution in [0.25, 0.3) is 10.2 Å². The van der Waals surface area contributed by atoms with E-state index in [0.717, 1.165) is 15.2 Å². The van der Waals surface area contributed by atoms with Crippen molar-refractivity contribution in [3.8, 4) is 17.6 Å². The van der Waals surface area contributed by atoms with Crippen LogP contribution in [-0.4, -0.2) is 11.6 Å². The molecule has 3 aromatic rings. The second kappa shape index (κ2) is 6.46. The summed E-state index contributed by atoms with van der Waals surface area (Å²) in [6.45, 7) is 2.80. The molecule has 3 rings (SSSR count). The molecule has 0 saturated carbocycles. The Labute approximate surface area is 132 Å². The first-order chi connectivity index (χ1) is 10.8. The summed E-state index contributed by atoms with van der Waals surface area (Å²) < 4.78 is 12.5. The molecule has 0 aliphatic rings. The first kappa shape index (κ1) is 14.4. The lowest BCUT2D eigenvalue weighted by molar-refractivity contribution is 0.269. The van der Waals surface area contributed by atoms with Crippen LogP contribution in [0.3, 0.4) is 0 Å². The van der Waals surface area contributed by atoms with E-state index in [4.69, 9.17) is 14.7 Å². The molecule has 0 aliphatic carbocycles. The summed E-state index contributed by atoms with van der Waals surface area (Å²) in [5.41, 5.74) is 1.53. The van der Waals surface area contributed by atoms with Gasteiger partial charge >= 0.3 is 0 Å². The Morgan fingerprint density at radius 3 is 2.77 bits per heavy atom. The fourth-order valence-electron chi connectivity index (χ4n) is 2.09. The summed E-state index contributed by atoms with van der Waals surface area (Å²) >= 11 is 1.61. The quantitative estimate of drug-likeness (QED) is 0.710. The van der Waals surface area contributed by atoms with Crippen molar-refractivity contribution in [2.24, 2.45) is 0 Å². The number of para-hydroxylation sites is 1. The van der Waals surface area contributed by atoms with Crippen LogP contribution >= 0.6 is 11.3 Å². The van der Waals surface area contributed by atoms with E-state index in [1.165, 1.54) is 0 Å². The number of hydrogen-bond donors (Lipinski definition) is 0. The average molecular weight is 310 g/mol. The highest BCUT2D eigenvalue weighted by molar-refractivity contribution is 7.18. The Kier molecular flexibility index (Phi) is 4.22. The largest absolute Gasteiger partial charge is 0.490 e. The zero-order valence-corrected chi connectivity index (χ0v) is 12.9. The fourth-order valence-corrected chi connectivity index (χ4v) is 2.97. The van der Waals surface area contributed by atoms with Crippen molar-refractivity contribution < 1.29 is 9.47 Å². The third kappa shape index (κ3) is 3.02. The van der Waals surface area contributed by atoms with Crippen LogP contribution in [0.15, 0.2) is 42.5 Å². The van der Waals surface area contributed by atoms with Crippen LogP contribution in [0.5, 0.6) is 11.5 Å². The van der Waals surface area contributed by atoms with Crippen molar-refractivity contribution in [3.05, 3.63) is 53.0 Å². The zero-order valence-electron chi connectivity index (χ0n) is 12.1. The number of ether oxygens (including phenoxy) is 2. The van der Waals surface area contributed by atoms with E-state index >= 15 is 0 Å². The normalized spacial score (nSPS) is 10.4. The highest BCUT2D eigenvalue weighted by Gasteiger charge is 2.09. The lowest BCUT2D eigenvalue weighted by Crippen LogP contribution is -1.99. The number of nitrogens with zero attached hydrogens (tertiary/aromatic N) is 2. The van der Waals surface area contributed by atoms with Gasteiger partial charge in [0.05, 0.1) is 28.5 Å². The van der Waals surface area contributed by atoms with E-state index in [0.29, 0.717) is 30.3 Å². The number of nitriles is 1. The lowest BCUT2D eigenvalue weighted by Gasteiger charge is -2.11. The molecular formula is C17H14N2O2S. The number of aromatic nitrogens is 1. The third-order valence-electron chi connectivity index (χ3n) is 3.06. The van der Waals surface area contributed by atoms with Gasteiger partial charge in [-0.3, -0.25) is 0 Å². The van der Waals surface area contributed by atoms with Gasteiger partial charge in [0.1, 0.15) is 11.6 Å². The van der Waals surface area contributed by atoms with Gasteiger partial charge in [-0.1, -0.05) is 12.1 Å². The van der Waals surface area contributed by atoms with E-state index in [-0.39, 0.29) is 0 Å². The molecule has 4 nitrogen and oxygen atoms in total. The van der Waals surface area contributed by atoms with Crippen LogP contribution in [0.1, 0.15) is 17.5 Å². The minimum absolute atomic E-state index is 0.380. The van der Waals surface area contributed by atoms with Gasteiger partial charge in [0.25, 0.3) is 0 Å². The van der Waals surface area contributed by atoms with Gasteiger partial charge in [-0.05, 0) is 31.2 Å². The number of benzene rings is 2. The zero-order chi connectivity index (χ0) is 15.4. The molecule has 0 unspecified atom stereocenters. The second-order valence-electron chi connectivity index (χ2n) is 4.57. The third-order valence-corrected chi connectivity index (χ3v) is 4.07. The summed E-state index contributed by atoms with van der Waals surface area (Å²) in [7, 11) is 0. The minimum Gasteiger partial charge on any atom is -0.490 e. The molecule has 0 saturated heterocycles. The predicted octanol–water partition coefficient (Wildman–Crippen LogP) is 4.15. The number of hydrogen-bond acceptors (Lipinski definition) is 5. The maximum Gasteiger partial charge on any atom is 0.162 e. The molecule has 5 heteroatoms. The Hall–Kier alpha value is -2.58. The minimum atomic E-state index is 0.380. The van der Waals surface area contributed by atoms with Gasteiger partial charge in [0.2, 0.25) is 0 Å². The van der Waals surface area contributed by atoms with Crippen molar-refractivity contribution in [1.29, 1.82) is 5.26 Å². The Morgan fingerprint density at radius 2 is 2.00 bits per heavy atom. The molecule has 0 bridgehead atoms. The van der Waals surface area contributed by atoms with Crippen LogP contribution in [-0.2, 0) is 6.61 Å². The average Bonchev–Trinajstić information content (AvgIpc) is 2.96. The SMILES string of the molecule is CCOc1cc(C#N)ccc1OCc1nc2ccccc2s1. The highest BCUT2D eigenvalue weighted by Crippen LogP contribution is 2.30. The van der Waals surface area contributed by atoms with Gasteiger partial charge in [-0.2, -0.15) is 5.26 Å². The first-order valence-electron chi connectivity index (χ1n) is 6.94. The molecule has 2 aromatic carbocycles. The van der Waals surface area contributed by atoms with Gasteiger partial charge in [-0.25, -0.2) is 4.98 Å². The smallest absolute Gasteiger partial charge is 0.162 e. The molecule has 0 atom stereocenters. The molecule has 0 aliphatic heterocycles. The lowest BCUT2D eigenvalue weighted by atomic mass is 10.2. The van der Waals surface area contributed by atoms with Gasteiger partial charge in [0.15, 0.2) is 11.5 Å². The number of rotatable bonds is 5. The highest BCUT2D eigenvalue weighted by atomic mass is 32.1. The first-order valence-corrected chi connectivity index (χ1v) is 7.76. The second-order valence-corrected chi connectivity index (χ2v) is 5.69. The van der Waals surface area contributed by atoms with Gasteiger partial charge in [-0.15, -0.1) is 11.3 Å². The van der Waals surface area contributed by atoms with Gasteiger partial charge < -0.3 is 9.47 Å². The Balaban J connectivity index is 1.79. The molecule has 0 amide bonds. The molecule has 110 valence electrons. The van der Waals surface area contributed by atoms with E-state index in [1.807, 2.05) is 31.2 Å². The summed E-state index contributed by atoms with van der Waals surface area (Å²) in [5, 5.41) is 9.87. The summed E-state index contributed by atoms with van der Waals surface area (Å²) in [4.78, 5) is 4.54. The van der Waals surface area contributed by atoms with Crippen molar-refractivity contribution in [2.75, 3.05) is 6.61 Å². The Bertz CT molecular complexity index is 803. The number of fused-ring (bicyclic) bond motifs is 1. The van der Waals surface area contributed by atoms with E-state index in [9.17, 15) is 0 Å². The molecule has 0 radical (unpaired) electrons. The maximum absolute atomic E-state index is 8.95. The van der Waals surface area contributed by atoms with Crippen LogP contribution < -0.4 is 9.47 Å². The Morgan fingerprint density at radius 1 is 1.14 bits per heavy atom. The summed E-state index contributed by atoms with van der Waals surface area (Å²) in [6, 6.07) is 15.3. The van der Waals surface area contributed by atoms with Crippen LogP contribution in [0, 0.1) is 11.3 Å². The summed E-state index contributed by atoms with van der Waals surface area (Å²) in [6.07, 6.45) is 0. The molecule has 22 heavy (non-hydrogen) atoms. The van der Waals surface area contributed by atoms with Crippen LogP contribution in [0.2, 0.25) is 0 Å². The molecule has 1 heterocycles. The molecule has 0 spiro atoms. The van der Waals surface area contributed by atoms with Crippen LogP contribution in [0.4, 0.5) is 0 Å². The standard InChI is InChI=1S/C17H14N2O2S/c1-2-20-15-9-12(10-18)7-8-14(15)21-11-17-19-13-5-3-4-6-16(13)22-17/h3-9H,2,11H2,1H3. The van der Waals surface area contributed by atoms with Crippen molar-refractivity contribution in [3.63, 3.8) is 0 Å². The van der Waals surface area contributed by atoms with Crippen molar-refractivity contribution >= 4 is 21.6 Å². The molecular weight excluding hydrogens is 296 g/mol. The van der Waals surface area contributed by atoms with Crippen molar-refractivity contribution in [2.45, 2.75) is 13.5 Å². The maximum atomic E-state index is 8.95. The van der Waals surface area contributed by atoms with E-state index in [2.05, 4.69) is 11.1 Å². The molecule has 1 aromatic heterocycles. The molecule has 0 N–H and O–H groups in total. The summed E-state index contributed by atoms with van der Waals surface area (Å²) in [5.74, 6) is 1.21. The van der Waals surface area contributed by atoms with Crippen molar-refractivity contribution in [1.82, 2.24) is 4.98 Å². The predicted molar refractivity (Wildman–Crippen MR) is 86.3 cm³/mol. The van der Waals surface area contributed by atoms with E-state index in [1.54, 1.807) is 29.5 Å². The van der Waals surface area contributed by atoms with E-state index < -0.39 is 0 Å². The monoisotopic (exact) mass is 310 g/mol. The number of thiazole rings is 1.